The molecule has 8 heteroatoms. The van der Waals surface area contributed by atoms with Crippen LogP contribution in [-0.4, -0.2) is 25.9 Å². The van der Waals surface area contributed by atoms with Gasteiger partial charge in [-0.2, -0.15) is 0 Å². The Morgan fingerprint density at radius 1 is 1.07 bits per heavy atom. The van der Waals surface area contributed by atoms with Crippen LogP contribution < -0.4 is 5.32 Å². The first kappa shape index (κ1) is 17.8. The number of amides is 1. The zero-order valence-electron chi connectivity index (χ0n) is 14.4. The van der Waals surface area contributed by atoms with Crippen LogP contribution in [0.2, 0.25) is 5.02 Å². The van der Waals surface area contributed by atoms with Gasteiger partial charge in [0.1, 0.15) is 11.5 Å². The quantitative estimate of drug-likeness (QED) is 0.558. The normalized spacial score (nSPS) is 10.6. The summed E-state index contributed by atoms with van der Waals surface area (Å²) in [6.07, 6.45) is 3.23. The van der Waals surface area contributed by atoms with Gasteiger partial charge in [0.2, 0.25) is 0 Å². The lowest BCUT2D eigenvalue weighted by Crippen LogP contribution is -2.14. The van der Waals surface area contributed by atoms with E-state index in [-0.39, 0.29) is 11.5 Å². The summed E-state index contributed by atoms with van der Waals surface area (Å²) in [6.45, 7) is 0. The van der Waals surface area contributed by atoms with E-state index >= 15 is 0 Å². The minimum Gasteiger partial charge on any atom is -0.320 e. The molecule has 138 valence electrons. The molecule has 1 N–H and O–H groups in total. The number of carbonyl (C=O) groups is 1. The molecule has 28 heavy (non-hydrogen) atoms. The molecule has 4 rings (SSSR count). The number of anilines is 1. The number of pyridine rings is 1. The van der Waals surface area contributed by atoms with Crippen LogP contribution in [0.15, 0.2) is 73.1 Å². The number of nitrogens with zero attached hydrogens (tertiary/aromatic N) is 4. The monoisotopic (exact) mass is 393 g/mol. The van der Waals surface area contributed by atoms with Crippen molar-refractivity contribution in [2.24, 2.45) is 0 Å². The lowest BCUT2D eigenvalue weighted by molar-refractivity contribution is 0.102. The lowest BCUT2D eigenvalue weighted by Gasteiger charge is -2.09. The van der Waals surface area contributed by atoms with E-state index in [0.29, 0.717) is 27.7 Å². The molecular formula is C20H13ClFN5O. The third kappa shape index (κ3) is 3.60. The summed E-state index contributed by atoms with van der Waals surface area (Å²) in [5.41, 5.74) is 2.30. The highest BCUT2D eigenvalue weighted by Gasteiger charge is 2.22. The van der Waals surface area contributed by atoms with E-state index in [4.69, 9.17) is 11.6 Å². The third-order valence-electron chi connectivity index (χ3n) is 3.97. The zero-order valence-corrected chi connectivity index (χ0v) is 15.1. The van der Waals surface area contributed by atoms with Gasteiger partial charge in [0.05, 0.1) is 5.69 Å². The number of halogens is 2. The van der Waals surface area contributed by atoms with Crippen molar-refractivity contribution >= 4 is 23.2 Å². The van der Waals surface area contributed by atoms with Crippen molar-refractivity contribution in [3.8, 4) is 16.9 Å². The van der Waals surface area contributed by atoms with Crippen LogP contribution in [0.4, 0.5) is 10.1 Å². The fourth-order valence-corrected chi connectivity index (χ4v) is 2.91. The molecule has 2 aromatic heterocycles. The van der Waals surface area contributed by atoms with Gasteiger partial charge in [0.25, 0.3) is 5.91 Å². The topological polar surface area (TPSA) is 72.7 Å². The molecule has 2 heterocycles. The standard InChI is InChI=1S/C20H13ClFN5O/c21-14-4-1-5-16(11-14)24-20(28)18-19(13-3-2-10-23-12-13)27(26-25-18)17-8-6-15(22)7-9-17/h1-12H,(H,24,28). The molecular weight excluding hydrogens is 381 g/mol. The molecule has 6 nitrogen and oxygen atoms in total. The van der Waals surface area contributed by atoms with Gasteiger partial charge in [0, 0.05) is 28.7 Å². The maximum Gasteiger partial charge on any atom is 0.278 e. The highest BCUT2D eigenvalue weighted by molar-refractivity contribution is 6.31. The second-order valence-electron chi connectivity index (χ2n) is 5.88. The minimum absolute atomic E-state index is 0.109. The number of aromatic nitrogens is 4. The highest BCUT2D eigenvalue weighted by Crippen LogP contribution is 2.26. The second kappa shape index (κ2) is 7.58. The van der Waals surface area contributed by atoms with Crippen molar-refractivity contribution in [2.75, 3.05) is 5.32 Å². The average molecular weight is 394 g/mol. The summed E-state index contributed by atoms with van der Waals surface area (Å²) in [5, 5.41) is 11.4. The Labute approximate surface area is 164 Å². The Hall–Kier alpha value is -3.58. The van der Waals surface area contributed by atoms with Crippen LogP contribution in [-0.2, 0) is 0 Å². The number of carbonyl (C=O) groups excluding carboxylic acids is 1. The molecule has 4 aromatic rings. The third-order valence-corrected chi connectivity index (χ3v) is 4.21. The molecule has 0 aliphatic heterocycles. The summed E-state index contributed by atoms with van der Waals surface area (Å²) in [4.78, 5) is 17.0. The highest BCUT2D eigenvalue weighted by atomic mass is 35.5. The van der Waals surface area contributed by atoms with E-state index in [1.807, 2.05) is 0 Å². The Balaban J connectivity index is 1.79. The Kier molecular flexibility index (Phi) is 4.82. The van der Waals surface area contributed by atoms with Crippen LogP contribution >= 0.6 is 11.6 Å². The van der Waals surface area contributed by atoms with Crippen LogP contribution in [0.25, 0.3) is 16.9 Å². The van der Waals surface area contributed by atoms with Crippen LogP contribution in [0.5, 0.6) is 0 Å². The summed E-state index contributed by atoms with van der Waals surface area (Å²) in [7, 11) is 0. The Bertz CT molecular complexity index is 1130. The van der Waals surface area contributed by atoms with Gasteiger partial charge in [-0.3, -0.25) is 9.78 Å². The van der Waals surface area contributed by atoms with Gasteiger partial charge in [-0.1, -0.05) is 22.9 Å². The predicted molar refractivity (Wildman–Crippen MR) is 104 cm³/mol. The van der Waals surface area contributed by atoms with Gasteiger partial charge in [0.15, 0.2) is 5.69 Å². The summed E-state index contributed by atoms with van der Waals surface area (Å²) in [6, 6.07) is 16.1. The average Bonchev–Trinajstić information content (AvgIpc) is 3.14. The molecule has 0 aliphatic rings. The van der Waals surface area contributed by atoms with Crippen molar-refractivity contribution in [3.63, 3.8) is 0 Å². The fraction of sp³-hybridized carbons (Fsp3) is 0. The van der Waals surface area contributed by atoms with Crippen molar-refractivity contribution in [1.29, 1.82) is 0 Å². The van der Waals surface area contributed by atoms with E-state index in [9.17, 15) is 9.18 Å². The van der Waals surface area contributed by atoms with E-state index in [1.165, 1.54) is 16.8 Å². The molecule has 0 unspecified atom stereocenters. The minimum atomic E-state index is -0.450. The Morgan fingerprint density at radius 2 is 1.89 bits per heavy atom. The number of hydrogen-bond donors (Lipinski definition) is 1. The van der Waals surface area contributed by atoms with E-state index in [2.05, 4.69) is 20.6 Å². The predicted octanol–water partition coefficient (Wildman–Crippen LogP) is 4.37. The summed E-state index contributed by atoms with van der Waals surface area (Å²) >= 11 is 5.98. The second-order valence-corrected chi connectivity index (χ2v) is 6.32. The molecule has 1 amide bonds. The largest absolute Gasteiger partial charge is 0.320 e. The summed E-state index contributed by atoms with van der Waals surface area (Å²) < 4.78 is 14.8. The lowest BCUT2D eigenvalue weighted by atomic mass is 10.1. The first-order valence-corrected chi connectivity index (χ1v) is 8.68. The van der Waals surface area contributed by atoms with Gasteiger partial charge >= 0.3 is 0 Å². The molecule has 2 aromatic carbocycles. The number of hydrogen-bond acceptors (Lipinski definition) is 4. The summed E-state index contributed by atoms with van der Waals surface area (Å²) in [5.74, 6) is -0.819. The number of rotatable bonds is 4. The van der Waals surface area contributed by atoms with Gasteiger partial charge in [-0.05, 0) is 54.6 Å². The number of benzene rings is 2. The zero-order chi connectivity index (χ0) is 19.5. The van der Waals surface area contributed by atoms with Gasteiger partial charge < -0.3 is 5.32 Å². The van der Waals surface area contributed by atoms with Gasteiger partial charge in [-0.25, -0.2) is 9.07 Å². The first-order valence-electron chi connectivity index (χ1n) is 8.31. The van der Waals surface area contributed by atoms with Crippen molar-refractivity contribution in [1.82, 2.24) is 20.0 Å². The van der Waals surface area contributed by atoms with Gasteiger partial charge in [-0.15, -0.1) is 5.10 Å². The van der Waals surface area contributed by atoms with Crippen LogP contribution in [0, 0.1) is 5.82 Å². The fourth-order valence-electron chi connectivity index (χ4n) is 2.72. The smallest absolute Gasteiger partial charge is 0.278 e. The van der Waals surface area contributed by atoms with E-state index < -0.39 is 5.91 Å². The molecule has 0 spiro atoms. The Morgan fingerprint density at radius 3 is 2.61 bits per heavy atom. The molecule has 0 saturated heterocycles. The molecule has 0 aliphatic carbocycles. The van der Waals surface area contributed by atoms with E-state index in [1.54, 1.807) is 60.9 Å². The molecule has 0 fully saturated rings. The first-order chi connectivity index (χ1) is 13.6. The molecule has 0 saturated carbocycles. The molecule has 0 atom stereocenters. The number of nitrogens with one attached hydrogen (secondary N) is 1. The van der Waals surface area contributed by atoms with Crippen LogP contribution in [0.3, 0.4) is 0 Å². The maximum atomic E-state index is 13.3. The van der Waals surface area contributed by atoms with Crippen molar-refractivity contribution in [3.05, 3.63) is 89.6 Å². The molecule has 0 radical (unpaired) electrons. The van der Waals surface area contributed by atoms with Crippen molar-refractivity contribution < 1.29 is 9.18 Å². The molecule has 0 bridgehead atoms. The van der Waals surface area contributed by atoms with E-state index in [0.717, 1.165) is 0 Å². The van der Waals surface area contributed by atoms with Crippen molar-refractivity contribution in [2.45, 2.75) is 0 Å². The SMILES string of the molecule is O=C(Nc1cccc(Cl)c1)c1nnn(-c2ccc(F)cc2)c1-c1cccnc1. The maximum absolute atomic E-state index is 13.3. The van der Waals surface area contributed by atoms with Crippen LogP contribution in [0.1, 0.15) is 10.5 Å².